The van der Waals surface area contributed by atoms with Gasteiger partial charge in [-0.1, -0.05) is 12.1 Å². The van der Waals surface area contributed by atoms with Crippen LogP contribution in [0.5, 0.6) is 5.88 Å². The Labute approximate surface area is 119 Å². The largest absolute Gasteiger partial charge is 0.473 e. The molecule has 1 heterocycles. The van der Waals surface area contributed by atoms with Crippen molar-refractivity contribution in [1.82, 2.24) is 9.97 Å². The number of hydrogen-bond donors (Lipinski definition) is 2. The molecular weight excluding hydrogens is 252 g/mol. The lowest BCUT2D eigenvalue weighted by atomic mass is 10.1. The summed E-state index contributed by atoms with van der Waals surface area (Å²) in [5.41, 5.74) is 9.75. The number of benzene rings is 1. The number of nitrogen functional groups attached to an aromatic ring is 1. The van der Waals surface area contributed by atoms with Gasteiger partial charge in [0, 0.05) is 5.69 Å². The fourth-order valence-electron chi connectivity index (χ4n) is 1.79. The zero-order chi connectivity index (χ0) is 14.7. The van der Waals surface area contributed by atoms with E-state index in [1.54, 1.807) is 0 Å². The first-order chi connectivity index (χ1) is 9.47. The highest BCUT2D eigenvalue weighted by atomic mass is 16.5. The normalized spacial score (nSPS) is 10.7. The monoisotopic (exact) mass is 272 g/mol. The maximum atomic E-state index is 6.06. The van der Waals surface area contributed by atoms with Gasteiger partial charge < -0.3 is 15.8 Å². The van der Waals surface area contributed by atoms with Crippen LogP contribution in [0.15, 0.2) is 24.5 Å². The van der Waals surface area contributed by atoms with Crippen LogP contribution in [0, 0.1) is 13.8 Å². The van der Waals surface area contributed by atoms with Gasteiger partial charge in [0.05, 0.1) is 6.10 Å². The fourth-order valence-corrected chi connectivity index (χ4v) is 1.79. The Balaban J connectivity index is 2.32. The van der Waals surface area contributed by atoms with Crippen molar-refractivity contribution in [2.24, 2.45) is 0 Å². The van der Waals surface area contributed by atoms with Crippen molar-refractivity contribution in [2.75, 3.05) is 11.1 Å². The molecule has 0 bridgehead atoms. The van der Waals surface area contributed by atoms with E-state index in [4.69, 9.17) is 10.5 Å². The Bertz CT molecular complexity index is 611. The van der Waals surface area contributed by atoms with E-state index in [0.29, 0.717) is 17.4 Å². The first kappa shape index (κ1) is 14.1. The molecule has 2 rings (SSSR count). The molecule has 1 aromatic heterocycles. The number of ether oxygens (including phenoxy) is 1. The Hall–Kier alpha value is -2.30. The van der Waals surface area contributed by atoms with Gasteiger partial charge in [-0.05, 0) is 44.9 Å². The molecule has 0 atom stereocenters. The molecule has 106 valence electrons. The van der Waals surface area contributed by atoms with Crippen LogP contribution >= 0.6 is 0 Å². The Morgan fingerprint density at radius 1 is 1.20 bits per heavy atom. The first-order valence-corrected chi connectivity index (χ1v) is 6.58. The highest BCUT2D eigenvalue weighted by Gasteiger charge is 2.11. The van der Waals surface area contributed by atoms with Crippen LogP contribution in [0.2, 0.25) is 0 Å². The summed E-state index contributed by atoms with van der Waals surface area (Å²) in [7, 11) is 0. The molecule has 0 saturated carbocycles. The minimum Gasteiger partial charge on any atom is -0.473 e. The molecule has 0 saturated heterocycles. The van der Waals surface area contributed by atoms with E-state index in [1.807, 2.05) is 27.7 Å². The SMILES string of the molecule is Cc1ccc(C)c(Nc2ncnc(OC(C)C)c2N)c1. The van der Waals surface area contributed by atoms with E-state index in [0.717, 1.165) is 11.3 Å². The second-order valence-electron chi connectivity index (χ2n) is 5.05. The van der Waals surface area contributed by atoms with Crippen LogP contribution in [0.1, 0.15) is 25.0 Å². The lowest BCUT2D eigenvalue weighted by Crippen LogP contribution is -2.11. The quantitative estimate of drug-likeness (QED) is 0.894. The smallest absolute Gasteiger partial charge is 0.242 e. The van der Waals surface area contributed by atoms with Gasteiger partial charge in [0.2, 0.25) is 5.88 Å². The Morgan fingerprint density at radius 3 is 2.65 bits per heavy atom. The number of aromatic nitrogens is 2. The van der Waals surface area contributed by atoms with Crippen LogP contribution in [-0.4, -0.2) is 16.1 Å². The van der Waals surface area contributed by atoms with Crippen molar-refractivity contribution in [3.8, 4) is 5.88 Å². The van der Waals surface area contributed by atoms with Gasteiger partial charge in [0.1, 0.15) is 12.0 Å². The average Bonchev–Trinajstić information content (AvgIpc) is 2.38. The maximum absolute atomic E-state index is 6.06. The van der Waals surface area contributed by atoms with Crippen molar-refractivity contribution in [3.63, 3.8) is 0 Å². The summed E-state index contributed by atoms with van der Waals surface area (Å²) in [4.78, 5) is 8.25. The third-order valence-electron chi connectivity index (χ3n) is 2.84. The van der Waals surface area contributed by atoms with E-state index >= 15 is 0 Å². The van der Waals surface area contributed by atoms with Crippen LogP contribution < -0.4 is 15.8 Å². The number of nitrogens with one attached hydrogen (secondary N) is 1. The maximum Gasteiger partial charge on any atom is 0.242 e. The molecule has 0 spiro atoms. The highest BCUT2D eigenvalue weighted by Crippen LogP contribution is 2.29. The molecule has 0 aliphatic heterocycles. The number of aryl methyl sites for hydroxylation is 2. The minimum absolute atomic E-state index is 0.0146. The van der Waals surface area contributed by atoms with Gasteiger partial charge in [-0.15, -0.1) is 0 Å². The molecule has 5 heteroatoms. The summed E-state index contributed by atoms with van der Waals surface area (Å²) in [5, 5.41) is 3.24. The number of rotatable bonds is 4. The Kier molecular flexibility index (Phi) is 4.08. The van der Waals surface area contributed by atoms with Crippen LogP contribution in [0.25, 0.3) is 0 Å². The number of hydrogen-bond acceptors (Lipinski definition) is 5. The van der Waals surface area contributed by atoms with Crippen LogP contribution in [0.4, 0.5) is 17.2 Å². The number of nitrogens with zero attached hydrogens (tertiary/aromatic N) is 2. The van der Waals surface area contributed by atoms with Crippen molar-refractivity contribution in [3.05, 3.63) is 35.7 Å². The lowest BCUT2D eigenvalue weighted by Gasteiger charge is -2.15. The fraction of sp³-hybridized carbons (Fsp3) is 0.333. The van der Waals surface area contributed by atoms with Gasteiger partial charge in [-0.25, -0.2) is 4.98 Å². The lowest BCUT2D eigenvalue weighted by molar-refractivity contribution is 0.234. The van der Waals surface area contributed by atoms with Gasteiger partial charge >= 0.3 is 0 Å². The highest BCUT2D eigenvalue weighted by molar-refractivity contribution is 5.73. The van der Waals surface area contributed by atoms with E-state index in [-0.39, 0.29) is 6.10 Å². The van der Waals surface area contributed by atoms with Gasteiger partial charge in [-0.3, -0.25) is 0 Å². The van der Waals surface area contributed by atoms with E-state index in [1.165, 1.54) is 11.9 Å². The molecule has 20 heavy (non-hydrogen) atoms. The number of anilines is 3. The van der Waals surface area contributed by atoms with E-state index in [2.05, 4.69) is 33.5 Å². The van der Waals surface area contributed by atoms with Crippen LogP contribution in [-0.2, 0) is 0 Å². The van der Waals surface area contributed by atoms with Gasteiger partial charge in [0.15, 0.2) is 5.82 Å². The standard InChI is InChI=1S/C15H20N4O/c1-9(2)20-15-13(16)14(17-8-18-15)19-12-7-10(3)5-6-11(12)4/h5-9H,16H2,1-4H3,(H,17,18,19). The summed E-state index contributed by atoms with van der Waals surface area (Å²) in [5.74, 6) is 0.965. The molecular formula is C15H20N4O. The molecule has 1 aromatic carbocycles. The number of nitrogens with two attached hydrogens (primary N) is 1. The summed E-state index contributed by atoms with van der Waals surface area (Å²) < 4.78 is 5.56. The second-order valence-corrected chi connectivity index (χ2v) is 5.05. The molecule has 0 aliphatic rings. The summed E-state index contributed by atoms with van der Waals surface area (Å²) in [6.07, 6.45) is 1.46. The van der Waals surface area contributed by atoms with Crippen molar-refractivity contribution in [2.45, 2.75) is 33.8 Å². The van der Waals surface area contributed by atoms with Crippen molar-refractivity contribution < 1.29 is 4.74 Å². The topological polar surface area (TPSA) is 73.1 Å². The average molecular weight is 272 g/mol. The molecule has 2 aromatic rings. The van der Waals surface area contributed by atoms with Gasteiger partial charge in [0.25, 0.3) is 0 Å². The third kappa shape index (κ3) is 3.17. The minimum atomic E-state index is 0.0146. The second kappa shape index (κ2) is 5.77. The molecule has 0 radical (unpaired) electrons. The molecule has 3 N–H and O–H groups in total. The van der Waals surface area contributed by atoms with Crippen molar-refractivity contribution >= 4 is 17.2 Å². The van der Waals surface area contributed by atoms with E-state index < -0.39 is 0 Å². The third-order valence-corrected chi connectivity index (χ3v) is 2.84. The summed E-state index contributed by atoms with van der Waals surface area (Å²) >= 11 is 0. The van der Waals surface area contributed by atoms with Crippen molar-refractivity contribution in [1.29, 1.82) is 0 Å². The predicted octanol–water partition coefficient (Wildman–Crippen LogP) is 3.21. The Morgan fingerprint density at radius 2 is 1.95 bits per heavy atom. The summed E-state index contributed by atoms with van der Waals surface area (Å²) in [6, 6.07) is 6.18. The van der Waals surface area contributed by atoms with Gasteiger partial charge in [-0.2, -0.15) is 4.98 Å². The molecule has 0 aliphatic carbocycles. The first-order valence-electron chi connectivity index (χ1n) is 6.58. The predicted molar refractivity (Wildman–Crippen MR) is 81.4 cm³/mol. The summed E-state index contributed by atoms with van der Waals surface area (Å²) in [6.45, 7) is 7.94. The zero-order valence-corrected chi connectivity index (χ0v) is 12.3. The van der Waals surface area contributed by atoms with E-state index in [9.17, 15) is 0 Å². The molecule has 0 amide bonds. The van der Waals surface area contributed by atoms with Crippen LogP contribution in [0.3, 0.4) is 0 Å². The zero-order valence-electron chi connectivity index (χ0n) is 12.3. The molecule has 0 unspecified atom stereocenters. The molecule has 5 nitrogen and oxygen atoms in total. The molecule has 0 fully saturated rings.